The normalized spacial score (nSPS) is 8.93. The van der Waals surface area contributed by atoms with Crippen LogP contribution in [0, 0.1) is 18.8 Å². The van der Waals surface area contributed by atoms with Crippen molar-refractivity contribution in [2.24, 2.45) is 0 Å². The lowest BCUT2D eigenvalue weighted by atomic mass is 10.1. The number of hydrogen-bond acceptors (Lipinski definition) is 3. The number of rotatable bonds is 1. The summed E-state index contributed by atoms with van der Waals surface area (Å²) in [5.41, 5.74) is 8.18. The molecule has 1 aromatic carbocycles. The Hall–Kier alpha value is -1.95. The van der Waals surface area contributed by atoms with Crippen LogP contribution in [0.15, 0.2) is 18.2 Å². The fraction of sp³-hybridized carbons (Fsp3) is 0.250. The summed E-state index contributed by atoms with van der Waals surface area (Å²) in [6.07, 6.45) is 0.0872. The molecule has 0 radical (unpaired) electrons. The number of ether oxygens (including phenoxy) is 1. The van der Waals surface area contributed by atoms with Gasteiger partial charge in [0, 0.05) is 11.3 Å². The van der Waals surface area contributed by atoms with Crippen molar-refractivity contribution in [2.45, 2.75) is 13.3 Å². The Labute approximate surface area is 89.2 Å². The molecule has 0 saturated heterocycles. The maximum Gasteiger partial charge on any atom is 0.317 e. The number of benzene rings is 1. The molecular weight excluding hydrogens is 190 g/mol. The van der Waals surface area contributed by atoms with Gasteiger partial charge in [0.1, 0.15) is 6.42 Å². The van der Waals surface area contributed by atoms with Crippen molar-refractivity contribution in [1.82, 2.24) is 0 Å². The number of hydrogen-bond donors (Lipinski definition) is 1. The Morgan fingerprint density at radius 1 is 1.53 bits per heavy atom. The molecule has 0 heterocycles. The van der Waals surface area contributed by atoms with Crippen molar-refractivity contribution in [3.63, 3.8) is 0 Å². The van der Waals surface area contributed by atoms with Gasteiger partial charge in [-0.05, 0) is 24.6 Å². The molecule has 3 nitrogen and oxygen atoms in total. The van der Waals surface area contributed by atoms with Crippen LogP contribution in [0.2, 0.25) is 0 Å². The minimum absolute atomic E-state index is 0.0872. The van der Waals surface area contributed by atoms with Crippen LogP contribution in [0.5, 0.6) is 0 Å². The average Bonchev–Trinajstić information content (AvgIpc) is 2.23. The molecule has 1 aromatic rings. The van der Waals surface area contributed by atoms with E-state index in [0.29, 0.717) is 5.69 Å². The lowest BCUT2D eigenvalue weighted by molar-refractivity contribution is -0.139. The molecule has 0 fully saturated rings. The van der Waals surface area contributed by atoms with Crippen molar-refractivity contribution in [3.05, 3.63) is 29.3 Å². The van der Waals surface area contributed by atoms with Gasteiger partial charge >= 0.3 is 5.97 Å². The van der Waals surface area contributed by atoms with Gasteiger partial charge in [-0.25, -0.2) is 0 Å². The highest BCUT2D eigenvalue weighted by molar-refractivity contribution is 5.72. The molecule has 0 amide bonds. The second-order valence-corrected chi connectivity index (χ2v) is 3.15. The zero-order chi connectivity index (χ0) is 11.3. The zero-order valence-electron chi connectivity index (χ0n) is 8.83. The second-order valence-electron chi connectivity index (χ2n) is 3.15. The molecule has 0 unspecified atom stereocenters. The number of esters is 1. The third kappa shape index (κ3) is 3.35. The molecular formula is C12H13NO2. The van der Waals surface area contributed by atoms with Gasteiger partial charge < -0.3 is 10.5 Å². The molecule has 0 aliphatic carbocycles. The minimum atomic E-state index is -0.339. The van der Waals surface area contributed by atoms with Gasteiger partial charge in [-0.3, -0.25) is 4.79 Å². The molecule has 0 aromatic heterocycles. The van der Waals surface area contributed by atoms with Gasteiger partial charge in [0.2, 0.25) is 0 Å². The number of aryl methyl sites for hydroxylation is 1. The van der Waals surface area contributed by atoms with Crippen LogP contribution < -0.4 is 5.73 Å². The van der Waals surface area contributed by atoms with Gasteiger partial charge in [-0.1, -0.05) is 17.9 Å². The molecule has 0 saturated carbocycles. The van der Waals surface area contributed by atoms with E-state index in [2.05, 4.69) is 16.6 Å². The van der Waals surface area contributed by atoms with E-state index in [4.69, 9.17) is 5.73 Å². The maximum atomic E-state index is 10.8. The summed E-state index contributed by atoms with van der Waals surface area (Å²) in [6.45, 7) is 1.96. The first-order chi connectivity index (χ1) is 7.13. The van der Waals surface area contributed by atoms with E-state index >= 15 is 0 Å². The van der Waals surface area contributed by atoms with Crippen LogP contribution >= 0.6 is 0 Å². The molecule has 0 bridgehead atoms. The second kappa shape index (κ2) is 5.06. The van der Waals surface area contributed by atoms with Crippen LogP contribution in [-0.2, 0) is 9.53 Å². The first-order valence-electron chi connectivity index (χ1n) is 4.55. The van der Waals surface area contributed by atoms with Crippen molar-refractivity contribution >= 4 is 11.7 Å². The number of anilines is 1. The summed E-state index contributed by atoms with van der Waals surface area (Å²) < 4.78 is 4.47. The largest absolute Gasteiger partial charge is 0.468 e. The highest BCUT2D eigenvalue weighted by Crippen LogP contribution is 2.11. The Balaban J connectivity index is 2.79. The summed E-state index contributed by atoms with van der Waals surface area (Å²) in [4.78, 5) is 10.8. The van der Waals surface area contributed by atoms with E-state index in [9.17, 15) is 4.79 Å². The molecule has 15 heavy (non-hydrogen) atoms. The van der Waals surface area contributed by atoms with E-state index < -0.39 is 0 Å². The number of nitrogens with two attached hydrogens (primary N) is 1. The number of carbonyl (C=O) groups excluding carboxylic acids is 1. The smallest absolute Gasteiger partial charge is 0.317 e. The Morgan fingerprint density at radius 3 is 2.93 bits per heavy atom. The lowest BCUT2D eigenvalue weighted by Crippen LogP contribution is -1.97. The molecule has 2 N–H and O–H groups in total. The predicted molar refractivity (Wildman–Crippen MR) is 59.1 cm³/mol. The standard InChI is InChI=1S/C12H13NO2/c1-9-6-7-11(13)10(8-9)4-3-5-12(14)15-2/h6-8H,5,13H2,1-2H3. The van der Waals surface area contributed by atoms with Crippen molar-refractivity contribution < 1.29 is 9.53 Å². The molecule has 0 aliphatic heterocycles. The first kappa shape index (κ1) is 11.1. The van der Waals surface area contributed by atoms with E-state index in [1.165, 1.54) is 7.11 Å². The summed E-state index contributed by atoms with van der Waals surface area (Å²) >= 11 is 0. The van der Waals surface area contributed by atoms with E-state index in [0.717, 1.165) is 11.1 Å². The third-order valence-electron chi connectivity index (χ3n) is 1.89. The first-order valence-corrected chi connectivity index (χ1v) is 4.55. The number of nitrogen functional groups attached to an aromatic ring is 1. The van der Waals surface area contributed by atoms with Gasteiger partial charge in [0.25, 0.3) is 0 Å². The lowest BCUT2D eigenvalue weighted by Gasteiger charge is -1.98. The minimum Gasteiger partial charge on any atom is -0.468 e. The van der Waals surface area contributed by atoms with Crippen molar-refractivity contribution in [1.29, 1.82) is 0 Å². The summed E-state index contributed by atoms with van der Waals surface area (Å²) in [6, 6.07) is 5.61. The maximum absolute atomic E-state index is 10.8. The SMILES string of the molecule is COC(=O)CC#Cc1cc(C)ccc1N. The average molecular weight is 203 g/mol. The van der Waals surface area contributed by atoms with Gasteiger partial charge in [0.05, 0.1) is 7.11 Å². The summed E-state index contributed by atoms with van der Waals surface area (Å²) in [7, 11) is 1.34. The highest BCUT2D eigenvalue weighted by Gasteiger charge is 1.96. The van der Waals surface area contributed by atoms with Crippen LogP contribution in [0.4, 0.5) is 5.69 Å². The molecule has 3 heteroatoms. The van der Waals surface area contributed by atoms with Gasteiger partial charge in [-0.2, -0.15) is 0 Å². The molecule has 0 aliphatic rings. The van der Waals surface area contributed by atoms with E-state index in [1.807, 2.05) is 19.1 Å². The molecule has 78 valence electrons. The predicted octanol–water partition coefficient (Wildman–Crippen LogP) is 1.49. The van der Waals surface area contributed by atoms with Crippen molar-refractivity contribution in [3.8, 4) is 11.8 Å². The Kier molecular flexibility index (Phi) is 3.75. The van der Waals surface area contributed by atoms with Crippen LogP contribution in [0.3, 0.4) is 0 Å². The van der Waals surface area contributed by atoms with E-state index in [1.54, 1.807) is 6.07 Å². The van der Waals surface area contributed by atoms with Crippen LogP contribution in [-0.4, -0.2) is 13.1 Å². The number of methoxy groups -OCH3 is 1. The zero-order valence-corrected chi connectivity index (χ0v) is 8.83. The monoisotopic (exact) mass is 203 g/mol. The van der Waals surface area contributed by atoms with Crippen molar-refractivity contribution in [2.75, 3.05) is 12.8 Å². The van der Waals surface area contributed by atoms with E-state index in [-0.39, 0.29) is 12.4 Å². The van der Waals surface area contributed by atoms with Gasteiger partial charge in [0.15, 0.2) is 0 Å². The van der Waals surface area contributed by atoms with Crippen LogP contribution in [0.25, 0.3) is 0 Å². The topological polar surface area (TPSA) is 52.3 Å². The fourth-order valence-electron chi connectivity index (χ4n) is 1.06. The summed E-state index contributed by atoms with van der Waals surface area (Å²) in [5.74, 6) is 5.22. The van der Waals surface area contributed by atoms with Gasteiger partial charge in [-0.15, -0.1) is 0 Å². The third-order valence-corrected chi connectivity index (χ3v) is 1.89. The molecule has 0 spiro atoms. The summed E-state index contributed by atoms with van der Waals surface area (Å²) in [5, 5.41) is 0. The quantitative estimate of drug-likeness (QED) is 0.427. The Morgan fingerprint density at radius 2 is 2.27 bits per heavy atom. The molecule has 1 rings (SSSR count). The fourth-order valence-corrected chi connectivity index (χ4v) is 1.06. The Bertz CT molecular complexity index is 427. The number of carbonyl (C=O) groups is 1. The van der Waals surface area contributed by atoms with Crippen LogP contribution in [0.1, 0.15) is 17.5 Å². The molecule has 0 atom stereocenters. The highest BCUT2D eigenvalue weighted by atomic mass is 16.5.